The van der Waals surface area contributed by atoms with E-state index in [0.29, 0.717) is 0 Å². The van der Waals surface area contributed by atoms with E-state index in [-0.39, 0.29) is 6.10 Å². The van der Waals surface area contributed by atoms with Gasteiger partial charge in [0, 0.05) is 16.7 Å². The second kappa shape index (κ2) is 2.58. The predicted molar refractivity (Wildman–Crippen MR) is 45.9 cm³/mol. The van der Waals surface area contributed by atoms with Crippen molar-refractivity contribution in [3.05, 3.63) is 30.4 Å². The second-order valence-corrected chi connectivity index (χ2v) is 3.78. The fraction of sp³-hybridized carbons (Fsp3) is 0.250. The quantitative estimate of drug-likeness (QED) is 0.558. The maximum Gasteiger partial charge on any atom is 0.158 e. The van der Waals surface area contributed by atoms with Crippen LogP contribution in [0.2, 0.25) is 0 Å². The third-order valence-electron chi connectivity index (χ3n) is 1.88. The first-order valence-electron chi connectivity index (χ1n) is 3.72. The topological polar surface area (TPSA) is 22.4 Å². The summed E-state index contributed by atoms with van der Waals surface area (Å²) in [5, 5.41) is 1.30. The van der Waals surface area contributed by atoms with E-state index in [1.54, 1.807) is 12.5 Å². The first-order chi connectivity index (χ1) is 5.38. The van der Waals surface area contributed by atoms with Crippen LogP contribution in [0.4, 0.5) is 0 Å². The van der Waals surface area contributed by atoms with Crippen LogP contribution in [0.25, 0.3) is 0 Å². The first kappa shape index (κ1) is 6.73. The molecule has 0 amide bonds. The molecule has 1 aliphatic heterocycles. The minimum Gasteiger partial charge on any atom is -0.490 e. The van der Waals surface area contributed by atoms with E-state index in [2.05, 4.69) is 0 Å². The van der Waals surface area contributed by atoms with Gasteiger partial charge in [0.2, 0.25) is 0 Å². The van der Waals surface area contributed by atoms with Gasteiger partial charge >= 0.3 is 0 Å². The van der Waals surface area contributed by atoms with Gasteiger partial charge in [0.05, 0.1) is 12.5 Å². The Hall–Kier alpha value is -0.963. The van der Waals surface area contributed by atoms with E-state index in [9.17, 15) is 0 Å². The van der Waals surface area contributed by atoms with E-state index in [1.807, 2.05) is 12.1 Å². The van der Waals surface area contributed by atoms with Gasteiger partial charge in [-0.2, -0.15) is 0 Å². The van der Waals surface area contributed by atoms with Gasteiger partial charge in [-0.05, 0) is 17.3 Å². The smallest absolute Gasteiger partial charge is 0.158 e. The summed E-state index contributed by atoms with van der Waals surface area (Å²) in [7, 11) is 1.03. The van der Waals surface area contributed by atoms with Crippen LogP contribution < -0.4 is 5.19 Å². The van der Waals surface area contributed by atoms with Gasteiger partial charge in [-0.1, -0.05) is 0 Å². The van der Waals surface area contributed by atoms with Crippen molar-refractivity contribution >= 4 is 15.4 Å². The van der Waals surface area contributed by atoms with Crippen LogP contribution in [0.5, 0.6) is 0 Å². The molecule has 2 nitrogen and oxygen atoms in total. The van der Waals surface area contributed by atoms with Gasteiger partial charge in [-0.15, -0.1) is 0 Å². The summed E-state index contributed by atoms with van der Waals surface area (Å²) in [5.41, 5.74) is 0. The Bertz CT molecular complexity index is 269. The Kier molecular flexibility index (Phi) is 1.58. The fourth-order valence-corrected chi connectivity index (χ4v) is 1.84. The molecular weight excluding hydrogens is 156 g/mol. The van der Waals surface area contributed by atoms with Crippen molar-refractivity contribution in [3.63, 3.8) is 0 Å². The molecule has 3 heteroatoms. The zero-order chi connectivity index (χ0) is 7.68. The summed E-state index contributed by atoms with van der Waals surface area (Å²) in [5.74, 6) is 1.02. The van der Waals surface area contributed by atoms with Crippen molar-refractivity contribution in [1.29, 1.82) is 0 Å². The SMILES string of the molecule is [SiH3]c1ccoc1C1CC=CO1. The first-order valence-corrected chi connectivity index (χ1v) is 4.72. The molecule has 11 heavy (non-hydrogen) atoms. The monoisotopic (exact) mass is 166 g/mol. The lowest BCUT2D eigenvalue weighted by Gasteiger charge is -2.07. The molecule has 2 rings (SSSR count). The summed E-state index contributed by atoms with van der Waals surface area (Å²) in [4.78, 5) is 0. The highest BCUT2D eigenvalue weighted by molar-refractivity contribution is 6.33. The van der Waals surface area contributed by atoms with Crippen LogP contribution in [-0.2, 0) is 4.74 Å². The van der Waals surface area contributed by atoms with E-state index < -0.39 is 0 Å². The number of hydrogen-bond donors (Lipinski definition) is 0. The third kappa shape index (κ3) is 1.11. The number of furan rings is 1. The molecule has 0 spiro atoms. The van der Waals surface area contributed by atoms with Crippen molar-refractivity contribution in [2.24, 2.45) is 0 Å². The molecule has 0 aromatic carbocycles. The maximum absolute atomic E-state index is 5.33. The lowest BCUT2D eigenvalue weighted by atomic mass is 10.2. The maximum atomic E-state index is 5.33. The molecular formula is C8H10O2Si. The van der Waals surface area contributed by atoms with Crippen LogP contribution in [0, 0.1) is 0 Å². The van der Waals surface area contributed by atoms with Crippen molar-refractivity contribution in [1.82, 2.24) is 0 Å². The Labute approximate surface area is 68.3 Å². The van der Waals surface area contributed by atoms with Crippen molar-refractivity contribution in [2.75, 3.05) is 0 Å². The third-order valence-corrected chi connectivity index (χ3v) is 2.71. The Morgan fingerprint density at radius 3 is 3.00 bits per heavy atom. The van der Waals surface area contributed by atoms with Crippen LogP contribution >= 0.6 is 0 Å². The molecule has 58 valence electrons. The molecule has 1 unspecified atom stereocenters. The Morgan fingerprint density at radius 1 is 1.55 bits per heavy atom. The molecule has 1 aliphatic rings. The van der Waals surface area contributed by atoms with E-state index in [1.165, 1.54) is 5.19 Å². The van der Waals surface area contributed by atoms with Crippen molar-refractivity contribution < 1.29 is 9.15 Å². The summed E-state index contributed by atoms with van der Waals surface area (Å²) in [6.45, 7) is 0. The molecule has 1 atom stereocenters. The molecule has 1 aromatic heterocycles. The minimum absolute atomic E-state index is 0.150. The summed E-state index contributed by atoms with van der Waals surface area (Å²) >= 11 is 0. The van der Waals surface area contributed by atoms with Crippen molar-refractivity contribution in [3.8, 4) is 0 Å². The van der Waals surface area contributed by atoms with Gasteiger partial charge in [-0.3, -0.25) is 0 Å². The predicted octanol–water partition coefficient (Wildman–Crippen LogP) is 0.245. The normalized spacial score (nSPS) is 22.4. The van der Waals surface area contributed by atoms with Crippen LogP contribution in [0.1, 0.15) is 18.3 Å². The largest absolute Gasteiger partial charge is 0.490 e. The van der Waals surface area contributed by atoms with E-state index in [4.69, 9.17) is 9.15 Å². The van der Waals surface area contributed by atoms with E-state index >= 15 is 0 Å². The number of ether oxygens (including phenoxy) is 1. The molecule has 0 radical (unpaired) electrons. The Morgan fingerprint density at radius 2 is 2.45 bits per heavy atom. The molecule has 0 aliphatic carbocycles. The van der Waals surface area contributed by atoms with Crippen LogP contribution in [-0.4, -0.2) is 10.2 Å². The highest BCUT2D eigenvalue weighted by Gasteiger charge is 2.18. The van der Waals surface area contributed by atoms with Gasteiger partial charge in [0.1, 0.15) is 5.76 Å². The fourth-order valence-electron chi connectivity index (χ4n) is 1.27. The van der Waals surface area contributed by atoms with Gasteiger partial charge in [0.25, 0.3) is 0 Å². The minimum atomic E-state index is 0.150. The summed E-state index contributed by atoms with van der Waals surface area (Å²) in [6.07, 6.45) is 6.60. The Balaban J connectivity index is 2.22. The van der Waals surface area contributed by atoms with Crippen LogP contribution in [0.3, 0.4) is 0 Å². The van der Waals surface area contributed by atoms with Gasteiger partial charge in [0.15, 0.2) is 6.10 Å². The van der Waals surface area contributed by atoms with Crippen LogP contribution in [0.15, 0.2) is 29.1 Å². The summed E-state index contributed by atoms with van der Waals surface area (Å²) in [6, 6.07) is 2.02. The molecule has 0 fully saturated rings. The van der Waals surface area contributed by atoms with Gasteiger partial charge < -0.3 is 9.15 Å². The average Bonchev–Trinajstić information content (AvgIpc) is 2.55. The molecule has 0 saturated heterocycles. The number of rotatable bonds is 1. The zero-order valence-corrected chi connectivity index (χ0v) is 8.41. The highest BCUT2D eigenvalue weighted by atomic mass is 28.1. The molecule has 0 bridgehead atoms. The lowest BCUT2D eigenvalue weighted by Crippen LogP contribution is -2.09. The highest BCUT2D eigenvalue weighted by Crippen LogP contribution is 2.24. The van der Waals surface area contributed by atoms with E-state index in [0.717, 1.165) is 22.4 Å². The molecule has 2 heterocycles. The molecule has 0 saturated carbocycles. The summed E-state index contributed by atoms with van der Waals surface area (Å²) < 4.78 is 10.6. The zero-order valence-electron chi connectivity index (χ0n) is 6.41. The number of hydrogen-bond acceptors (Lipinski definition) is 2. The van der Waals surface area contributed by atoms with Crippen molar-refractivity contribution in [2.45, 2.75) is 12.5 Å². The molecule has 1 aromatic rings. The lowest BCUT2D eigenvalue weighted by molar-refractivity contribution is 0.149. The van der Waals surface area contributed by atoms with Gasteiger partial charge in [-0.25, -0.2) is 0 Å². The second-order valence-electron chi connectivity index (χ2n) is 2.70. The average molecular weight is 166 g/mol. The molecule has 0 N–H and O–H groups in total. The standard InChI is InChI=1S/C8H10O2Si/c11-7-3-5-10-8(7)6-2-1-4-9-6/h1,3-6H,2H2,11H3.